The van der Waals surface area contributed by atoms with Gasteiger partial charge in [0.15, 0.2) is 0 Å². The molecule has 0 saturated heterocycles. The first-order valence-corrected chi connectivity index (χ1v) is 5.87. The number of hydrogen-bond acceptors (Lipinski definition) is 3. The Morgan fingerprint density at radius 1 is 1.38 bits per heavy atom. The Morgan fingerprint density at radius 3 is 2.88 bits per heavy atom. The Balaban J connectivity index is 2.20. The van der Waals surface area contributed by atoms with Crippen molar-refractivity contribution in [2.24, 2.45) is 5.73 Å². The van der Waals surface area contributed by atoms with E-state index in [9.17, 15) is 0 Å². The zero-order valence-electron chi connectivity index (χ0n) is 9.66. The van der Waals surface area contributed by atoms with E-state index < -0.39 is 0 Å². The van der Waals surface area contributed by atoms with Crippen LogP contribution in [0, 0.1) is 0 Å². The van der Waals surface area contributed by atoms with Crippen LogP contribution in [0.5, 0.6) is 5.75 Å². The number of halogens is 1. The van der Waals surface area contributed by atoms with Gasteiger partial charge < -0.3 is 15.4 Å². The molecule has 0 spiro atoms. The molecule has 0 aliphatic carbocycles. The summed E-state index contributed by atoms with van der Waals surface area (Å²) >= 11 is 5.85. The summed E-state index contributed by atoms with van der Waals surface area (Å²) in [5, 5.41) is 0.703. The van der Waals surface area contributed by atoms with E-state index >= 15 is 0 Å². The van der Waals surface area contributed by atoms with E-state index in [0.717, 1.165) is 31.8 Å². The summed E-state index contributed by atoms with van der Waals surface area (Å²) in [4.78, 5) is 2.21. The van der Waals surface area contributed by atoms with Gasteiger partial charge in [-0.2, -0.15) is 0 Å². The van der Waals surface area contributed by atoms with Crippen molar-refractivity contribution in [1.29, 1.82) is 0 Å². The number of ether oxygens (including phenoxy) is 1. The third-order valence-electron chi connectivity index (χ3n) is 2.28. The zero-order valence-corrected chi connectivity index (χ0v) is 10.4. The lowest BCUT2D eigenvalue weighted by Gasteiger charge is -2.16. The topological polar surface area (TPSA) is 38.5 Å². The molecule has 0 atom stereocenters. The fourth-order valence-corrected chi connectivity index (χ4v) is 1.53. The Labute approximate surface area is 102 Å². The quantitative estimate of drug-likeness (QED) is 0.795. The van der Waals surface area contributed by atoms with Gasteiger partial charge in [-0.25, -0.2) is 0 Å². The number of nitrogens with zero attached hydrogens (tertiary/aromatic N) is 1. The Morgan fingerprint density at radius 2 is 2.19 bits per heavy atom. The van der Waals surface area contributed by atoms with Gasteiger partial charge in [-0.05, 0) is 44.8 Å². The van der Waals surface area contributed by atoms with E-state index in [-0.39, 0.29) is 0 Å². The molecule has 0 unspecified atom stereocenters. The molecule has 1 rings (SSSR count). The summed E-state index contributed by atoms with van der Waals surface area (Å²) in [7, 11) is 2.07. The SMILES string of the molecule is CN(CCCN)CCOc1cccc(Cl)c1. The van der Waals surface area contributed by atoms with E-state index in [2.05, 4.69) is 11.9 Å². The zero-order chi connectivity index (χ0) is 11.8. The molecule has 2 N–H and O–H groups in total. The predicted molar refractivity (Wildman–Crippen MR) is 68.1 cm³/mol. The first-order chi connectivity index (χ1) is 7.72. The van der Waals surface area contributed by atoms with Crippen LogP contribution in [0.4, 0.5) is 0 Å². The molecular weight excluding hydrogens is 224 g/mol. The maximum absolute atomic E-state index is 5.85. The monoisotopic (exact) mass is 242 g/mol. The number of nitrogens with two attached hydrogens (primary N) is 1. The van der Waals surface area contributed by atoms with Crippen molar-refractivity contribution in [3.63, 3.8) is 0 Å². The number of likely N-dealkylation sites (N-methyl/N-ethyl adjacent to an activating group) is 1. The van der Waals surface area contributed by atoms with Crippen LogP contribution in [0.15, 0.2) is 24.3 Å². The summed E-state index contributed by atoms with van der Waals surface area (Å²) in [6, 6.07) is 7.45. The van der Waals surface area contributed by atoms with Gasteiger partial charge in [0, 0.05) is 11.6 Å². The van der Waals surface area contributed by atoms with Crippen molar-refractivity contribution in [3.8, 4) is 5.75 Å². The van der Waals surface area contributed by atoms with Gasteiger partial charge in [0.1, 0.15) is 12.4 Å². The van der Waals surface area contributed by atoms with Crippen molar-refractivity contribution in [2.75, 3.05) is 33.3 Å². The van der Waals surface area contributed by atoms with Crippen LogP contribution < -0.4 is 10.5 Å². The van der Waals surface area contributed by atoms with Gasteiger partial charge in [-0.15, -0.1) is 0 Å². The molecular formula is C12H19ClN2O. The molecule has 4 heteroatoms. The Kier molecular flexibility index (Phi) is 6.23. The standard InChI is InChI=1S/C12H19ClN2O/c1-15(7-3-6-14)8-9-16-12-5-2-4-11(13)10-12/h2,4-5,10H,3,6-9,14H2,1H3. The van der Waals surface area contributed by atoms with E-state index in [4.69, 9.17) is 22.1 Å². The van der Waals surface area contributed by atoms with Crippen LogP contribution in [0.3, 0.4) is 0 Å². The highest BCUT2D eigenvalue weighted by Crippen LogP contribution is 2.16. The van der Waals surface area contributed by atoms with Gasteiger partial charge >= 0.3 is 0 Å². The molecule has 3 nitrogen and oxygen atoms in total. The third-order valence-corrected chi connectivity index (χ3v) is 2.52. The predicted octanol–water partition coefficient (Wildman–Crippen LogP) is 2.00. The minimum atomic E-state index is 0.668. The van der Waals surface area contributed by atoms with Gasteiger partial charge in [0.05, 0.1) is 0 Å². The van der Waals surface area contributed by atoms with Crippen LogP contribution >= 0.6 is 11.6 Å². The van der Waals surface area contributed by atoms with Crippen LogP contribution in [0.25, 0.3) is 0 Å². The van der Waals surface area contributed by atoms with Crippen molar-refractivity contribution >= 4 is 11.6 Å². The molecule has 16 heavy (non-hydrogen) atoms. The molecule has 0 radical (unpaired) electrons. The highest BCUT2D eigenvalue weighted by Gasteiger charge is 1.99. The van der Waals surface area contributed by atoms with Crippen LogP contribution in [0.2, 0.25) is 5.02 Å². The van der Waals surface area contributed by atoms with Gasteiger partial charge in [-0.1, -0.05) is 17.7 Å². The first-order valence-electron chi connectivity index (χ1n) is 5.49. The fourth-order valence-electron chi connectivity index (χ4n) is 1.35. The second-order valence-corrected chi connectivity index (χ2v) is 4.19. The molecule has 90 valence electrons. The van der Waals surface area contributed by atoms with Gasteiger partial charge in [-0.3, -0.25) is 0 Å². The Bertz CT molecular complexity index is 307. The molecule has 1 aromatic rings. The highest BCUT2D eigenvalue weighted by molar-refractivity contribution is 6.30. The van der Waals surface area contributed by atoms with Crippen molar-refractivity contribution in [2.45, 2.75) is 6.42 Å². The van der Waals surface area contributed by atoms with Gasteiger partial charge in [0.25, 0.3) is 0 Å². The lowest BCUT2D eigenvalue weighted by molar-refractivity contribution is 0.236. The molecule has 0 amide bonds. The minimum absolute atomic E-state index is 0.668. The van der Waals surface area contributed by atoms with Crippen molar-refractivity contribution < 1.29 is 4.74 Å². The summed E-state index contributed by atoms with van der Waals surface area (Å²) in [5.41, 5.74) is 5.44. The average molecular weight is 243 g/mol. The molecule has 0 aliphatic heterocycles. The van der Waals surface area contributed by atoms with Gasteiger partial charge in [0.2, 0.25) is 0 Å². The highest BCUT2D eigenvalue weighted by atomic mass is 35.5. The fraction of sp³-hybridized carbons (Fsp3) is 0.500. The van der Waals surface area contributed by atoms with E-state index in [1.165, 1.54) is 0 Å². The van der Waals surface area contributed by atoms with Crippen molar-refractivity contribution in [1.82, 2.24) is 4.90 Å². The second kappa shape index (κ2) is 7.49. The molecule has 1 aromatic carbocycles. The Hall–Kier alpha value is -0.770. The number of rotatable bonds is 7. The van der Waals surface area contributed by atoms with Crippen molar-refractivity contribution in [3.05, 3.63) is 29.3 Å². The smallest absolute Gasteiger partial charge is 0.120 e. The summed E-state index contributed by atoms with van der Waals surface area (Å²) in [6.45, 7) is 3.31. The van der Waals surface area contributed by atoms with Crippen LogP contribution in [-0.4, -0.2) is 38.2 Å². The molecule has 0 saturated carbocycles. The second-order valence-electron chi connectivity index (χ2n) is 3.75. The lowest BCUT2D eigenvalue weighted by Crippen LogP contribution is -2.26. The molecule has 0 bridgehead atoms. The minimum Gasteiger partial charge on any atom is -0.492 e. The molecule has 0 fully saturated rings. The maximum Gasteiger partial charge on any atom is 0.120 e. The molecule has 0 aliphatic rings. The van der Waals surface area contributed by atoms with E-state index in [0.29, 0.717) is 11.6 Å². The number of benzene rings is 1. The lowest BCUT2D eigenvalue weighted by atomic mass is 10.3. The average Bonchev–Trinajstić information content (AvgIpc) is 2.26. The normalized spacial score (nSPS) is 10.8. The summed E-state index contributed by atoms with van der Waals surface area (Å²) in [6.07, 6.45) is 1.02. The van der Waals surface area contributed by atoms with E-state index in [1.807, 2.05) is 24.3 Å². The largest absolute Gasteiger partial charge is 0.492 e. The first kappa shape index (κ1) is 13.3. The summed E-state index contributed by atoms with van der Waals surface area (Å²) < 4.78 is 5.58. The number of hydrogen-bond donors (Lipinski definition) is 1. The summed E-state index contributed by atoms with van der Waals surface area (Å²) in [5.74, 6) is 0.819. The molecule has 0 heterocycles. The van der Waals surface area contributed by atoms with Crippen LogP contribution in [-0.2, 0) is 0 Å². The van der Waals surface area contributed by atoms with Crippen LogP contribution in [0.1, 0.15) is 6.42 Å². The van der Waals surface area contributed by atoms with E-state index in [1.54, 1.807) is 0 Å². The maximum atomic E-state index is 5.85. The molecule has 0 aromatic heterocycles. The third kappa shape index (κ3) is 5.35.